The maximum absolute atomic E-state index is 9.23. The van der Waals surface area contributed by atoms with Crippen LogP contribution in [0.5, 0.6) is 0 Å². The molecule has 0 saturated heterocycles. The Bertz CT molecular complexity index is 330. The number of pyridine rings is 1. The lowest BCUT2D eigenvalue weighted by Gasteiger charge is -2.15. The summed E-state index contributed by atoms with van der Waals surface area (Å²) in [5.41, 5.74) is 2.37. The van der Waals surface area contributed by atoms with E-state index in [9.17, 15) is 5.11 Å². The van der Waals surface area contributed by atoms with Crippen molar-refractivity contribution in [3.8, 4) is 0 Å². The number of nitrogens with one attached hydrogen (secondary N) is 1. The highest BCUT2D eigenvalue weighted by Crippen LogP contribution is 2.28. The molecule has 4 nitrogen and oxygen atoms in total. The van der Waals surface area contributed by atoms with Crippen molar-refractivity contribution in [2.24, 2.45) is 0 Å². The Morgan fingerprint density at radius 3 is 3.27 bits per heavy atom. The Morgan fingerprint density at radius 1 is 1.60 bits per heavy atom. The molecule has 0 spiro atoms. The van der Waals surface area contributed by atoms with Gasteiger partial charge in [0.15, 0.2) is 0 Å². The van der Waals surface area contributed by atoms with Crippen LogP contribution in [0.3, 0.4) is 0 Å². The van der Waals surface area contributed by atoms with Gasteiger partial charge in [0, 0.05) is 12.7 Å². The van der Waals surface area contributed by atoms with Crippen LogP contribution in [0.15, 0.2) is 18.3 Å². The first kappa shape index (κ1) is 10.5. The van der Waals surface area contributed by atoms with Gasteiger partial charge in [0.25, 0.3) is 0 Å². The number of hydrogen-bond donors (Lipinski definition) is 3. The first-order valence-corrected chi connectivity index (χ1v) is 5.27. The molecule has 1 aliphatic carbocycles. The maximum Gasteiger partial charge on any atom is 0.0895 e. The molecule has 0 bridgehead atoms. The predicted molar refractivity (Wildman–Crippen MR) is 56.4 cm³/mol. The van der Waals surface area contributed by atoms with E-state index in [0.717, 1.165) is 18.5 Å². The van der Waals surface area contributed by atoms with Crippen LogP contribution in [0.4, 0.5) is 0 Å². The summed E-state index contributed by atoms with van der Waals surface area (Å²) in [5, 5.41) is 21.1. The molecule has 2 unspecified atom stereocenters. The minimum atomic E-state index is -0.683. The van der Waals surface area contributed by atoms with Crippen molar-refractivity contribution in [2.45, 2.75) is 25.0 Å². The molecule has 1 aromatic heterocycles. The fourth-order valence-electron chi connectivity index (χ4n) is 1.95. The molecule has 0 aromatic carbocycles. The molecule has 0 aliphatic heterocycles. The van der Waals surface area contributed by atoms with Gasteiger partial charge in [0.05, 0.1) is 24.4 Å². The van der Waals surface area contributed by atoms with Crippen LogP contribution in [-0.2, 0) is 6.42 Å². The number of rotatable bonds is 4. The topological polar surface area (TPSA) is 65.4 Å². The number of aryl methyl sites for hydroxylation is 1. The zero-order chi connectivity index (χ0) is 10.7. The molecule has 1 heterocycles. The van der Waals surface area contributed by atoms with E-state index in [0.29, 0.717) is 6.54 Å². The average Bonchev–Trinajstić information content (AvgIpc) is 2.69. The van der Waals surface area contributed by atoms with E-state index in [4.69, 9.17) is 5.11 Å². The van der Waals surface area contributed by atoms with Crippen molar-refractivity contribution in [2.75, 3.05) is 13.2 Å². The molecule has 1 aromatic rings. The molecule has 2 rings (SSSR count). The smallest absolute Gasteiger partial charge is 0.0895 e. The van der Waals surface area contributed by atoms with Crippen molar-refractivity contribution in [1.82, 2.24) is 10.3 Å². The molecule has 82 valence electrons. The molecule has 15 heavy (non-hydrogen) atoms. The summed E-state index contributed by atoms with van der Waals surface area (Å²) in [4.78, 5) is 4.34. The Balaban J connectivity index is 1.96. The molecule has 0 amide bonds. The quantitative estimate of drug-likeness (QED) is 0.652. The van der Waals surface area contributed by atoms with Crippen molar-refractivity contribution in [1.29, 1.82) is 0 Å². The monoisotopic (exact) mass is 208 g/mol. The van der Waals surface area contributed by atoms with Crippen LogP contribution < -0.4 is 5.32 Å². The van der Waals surface area contributed by atoms with Gasteiger partial charge >= 0.3 is 0 Å². The van der Waals surface area contributed by atoms with Gasteiger partial charge in [-0.05, 0) is 24.5 Å². The van der Waals surface area contributed by atoms with E-state index in [2.05, 4.69) is 16.4 Å². The van der Waals surface area contributed by atoms with E-state index in [1.54, 1.807) is 6.20 Å². The fraction of sp³-hybridized carbons (Fsp3) is 0.545. The molecular weight excluding hydrogens is 192 g/mol. The van der Waals surface area contributed by atoms with Crippen LogP contribution in [0.25, 0.3) is 0 Å². The molecule has 0 fully saturated rings. The molecule has 2 atom stereocenters. The van der Waals surface area contributed by atoms with E-state index in [-0.39, 0.29) is 12.6 Å². The predicted octanol–water partition coefficient (Wildman–Crippen LogP) is 0.0117. The zero-order valence-corrected chi connectivity index (χ0v) is 8.56. The lowest BCUT2D eigenvalue weighted by Crippen LogP contribution is -2.31. The standard InChI is InChI=1S/C11H16N2O2/c14-7-9(15)6-13-10-4-3-8-2-1-5-12-11(8)10/h1-2,5,9-10,13-15H,3-4,6-7H2. The van der Waals surface area contributed by atoms with Gasteiger partial charge in [0.1, 0.15) is 0 Å². The molecule has 0 radical (unpaired) electrons. The van der Waals surface area contributed by atoms with Gasteiger partial charge in [-0.1, -0.05) is 6.07 Å². The summed E-state index contributed by atoms with van der Waals surface area (Å²) in [7, 11) is 0. The number of hydrogen-bond acceptors (Lipinski definition) is 4. The lowest BCUT2D eigenvalue weighted by atomic mass is 10.2. The van der Waals surface area contributed by atoms with Crippen molar-refractivity contribution >= 4 is 0 Å². The normalized spacial score (nSPS) is 21.3. The highest BCUT2D eigenvalue weighted by atomic mass is 16.3. The summed E-state index contributed by atoms with van der Waals surface area (Å²) in [6, 6.07) is 4.26. The highest BCUT2D eigenvalue weighted by Gasteiger charge is 2.23. The van der Waals surface area contributed by atoms with E-state index >= 15 is 0 Å². The van der Waals surface area contributed by atoms with Crippen molar-refractivity contribution in [3.05, 3.63) is 29.6 Å². The fourth-order valence-corrected chi connectivity index (χ4v) is 1.95. The summed E-state index contributed by atoms with van der Waals surface area (Å²) in [6.07, 6.45) is 3.17. The number of nitrogens with zero attached hydrogens (tertiary/aromatic N) is 1. The molecular formula is C11H16N2O2. The first-order chi connectivity index (χ1) is 7.31. The Morgan fingerprint density at radius 2 is 2.47 bits per heavy atom. The van der Waals surface area contributed by atoms with Crippen LogP contribution >= 0.6 is 0 Å². The second-order valence-electron chi connectivity index (χ2n) is 3.88. The number of fused-ring (bicyclic) bond motifs is 1. The Labute approximate surface area is 89.0 Å². The second-order valence-corrected chi connectivity index (χ2v) is 3.88. The van der Waals surface area contributed by atoms with Crippen LogP contribution in [0, 0.1) is 0 Å². The molecule has 3 N–H and O–H groups in total. The maximum atomic E-state index is 9.23. The zero-order valence-electron chi connectivity index (χ0n) is 8.56. The minimum absolute atomic E-state index is 0.200. The van der Waals surface area contributed by atoms with Gasteiger partial charge < -0.3 is 15.5 Å². The van der Waals surface area contributed by atoms with E-state index in [1.807, 2.05) is 6.07 Å². The van der Waals surface area contributed by atoms with E-state index < -0.39 is 6.10 Å². The number of aromatic nitrogens is 1. The molecule has 1 aliphatic rings. The average molecular weight is 208 g/mol. The summed E-state index contributed by atoms with van der Waals surface area (Å²) in [6.45, 7) is 0.214. The Kier molecular flexibility index (Phi) is 3.30. The van der Waals surface area contributed by atoms with E-state index in [1.165, 1.54) is 5.56 Å². The third-order valence-electron chi connectivity index (χ3n) is 2.77. The van der Waals surface area contributed by atoms with Gasteiger partial charge in [-0.15, -0.1) is 0 Å². The molecule has 0 saturated carbocycles. The minimum Gasteiger partial charge on any atom is -0.394 e. The number of aliphatic hydroxyl groups excluding tert-OH is 2. The van der Waals surface area contributed by atoms with Gasteiger partial charge in [-0.2, -0.15) is 0 Å². The third-order valence-corrected chi connectivity index (χ3v) is 2.77. The van der Waals surface area contributed by atoms with Crippen LogP contribution in [0.1, 0.15) is 23.7 Å². The highest BCUT2D eigenvalue weighted by molar-refractivity contribution is 5.27. The summed E-state index contributed by atoms with van der Waals surface area (Å²) in [5.74, 6) is 0. The van der Waals surface area contributed by atoms with Crippen molar-refractivity contribution < 1.29 is 10.2 Å². The second kappa shape index (κ2) is 4.70. The van der Waals surface area contributed by atoms with Gasteiger partial charge in [-0.25, -0.2) is 0 Å². The summed E-state index contributed by atoms with van der Waals surface area (Å²) >= 11 is 0. The van der Waals surface area contributed by atoms with Crippen molar-refractivity contribution in [3.63, 3.8) is 0 Å². The third kappa shape index (κ3) is 2.34. The van der Waals surface area contributed by atoms with Crippen LogP contribution in [0.2, 0.25) is 0 Å². The van der Waals surface area contributed by atoms with Gasteiger partial charge in [0.2, 0.25) is 0 Å². The Hall–Kier alpha value is -0.970. The largest absolute Gasteiger partial charge is 0.394 e. The molecule has 4 heteroatoms. The van der Waals surface area contributed by atoms with Gasteiger partial charge in [-0.3, -0.25) is 4.98 Å². The SMILES string of the molecule is OCC(O)CNC1CCc2cccnc21. The number of aliphatic hydroxyl groups is 2. The van der Waals surface area contributed by atoms with Crippen LogP contribution in [-0.4, -0.2) is 34.5 Å². The first-order valence-electron chi connectivity index (χ1n) is 5.27. The lowest BCUT2D eigenvalue weighted by molar-refractivity contribution is 0.0918. The summed E-state index contributed by atoms with van der Waals surface area (Å²) < 4.78 is 0.